The summed E-state index contributed by atoms with van der Waals surface area (Å²) in [6, 6.07) is 7.84. The zero-order valence-electron chi connectivity index (χ0n) is 20.3. The van der Waals surface area contributed by atoms with Gasteiger partial charge in [-0.05, 0) is 24.6 Å². The Morgan fingerprint density at radius 1 is 1.21 bits per heavy atom. The van der Waals surface area contributed by atoms with Crippen molar-refractivity contribution in [1.29, 1.82) is 0 Å². The van der Waals surface area contributed by atoms with Crippen molar-refractivity contribution in [2.45, 2.75) is 39.5 Å². The molecule has 1 aliphatic carbocycles. The zero-order valence-corrected chi connectivity index (χ0v) is 21.1. The van der Waals surface area contributed by atoms with Gasteiger partial charge in [-0.2, -0.15) is 8.42 Å². The van der Waals surface area contributed by atoms with E-state index in [1.165, 1.54) is 0 Å². The molecule has 1 aromatic carbocycles. The minimum absolute atomic E-state index is 0.213. The van der Waals surface area contributed by atoms with Gasteiger partial charge in [0.15, 0.2) is 0 Å². The van der Waals surface area contributed by atoms with Crippen molar-refractivity contribution in [3.05, 3.63) is 47.5 Å². The fourth-order valence-electron chi connectivity index (χ4n) is 4.28. The summed E-state index contributed by atoms with van der Waals surface area (Å²) in [5.74, 6) is -0.196. The van der Waals surface area contributed by atoms with Gasteiger partial charge >= 0.3 is 0 Å². The van der Waals surface area contributed by atoms with Gasteiger partial charge in [0.2, 0.25) is 0 Å². The summed E-state index contributed by atoms with van der Waals surface area (Å²) >= 11 is 0. The van der Waals surface area contributed by atoms with Crippen LogP contribution in [0.2, 0.25) is 0 Å². The van der Waals surface area contributed by atoms with Crippen LogP contribution in [0.1, 0.15) is 31.5 Å². The molecule has 3 N–H and O–H groups in total. The third kappa shape index (κ3) is 6.56. The molecule has 0 saturated carbocycles. The van der Waals surface area contributed by atoms with Gasteiger partial charge in [0.1, 0.15) is 18.0 Å². The summed E-state index contributed by atoms with van der Waals surface area (Å²) in [6.07, 6.45) is 1.66. The van der Waals surface area contributed by atoms with Crippen LogP contribution in [0.25, 0.3) is 5.57 Å². The maximum Gasteiger partial charge on any atom is 0.265 e. The topological polar surface area (TPSA) is 129 Å². The highest BCUT2D eigenvalue weighted by Crippen LogP contribution is 2.40. The molecule has 34 heavy (non-hydrogen) atoms. The molecule has 0 spiro atoms. The lowest BCUT2D eigenvalue weighted by molar-refractivity contribution is -0.903. The second kappa shape index (κ2) is 10.4. The minimum atomic E-state index is -3.94. The number of aliphatic hydroxyl groups excluding tert-OH is 2. The molecule has 11 heteroatoms. The van der Waals surface area contributed by atoms with Crippen LogP contribution in [0, 0.1) is 5.92 Å². The molecule has 1 aromatic heterocycles. The van der Waals surface area contributed by atoms with E-state index < -0.39 is 16.2 Å². The van der Waals surface area contributed by atoms with Crippen LogP contribution < -0.4 is 4.90 Å². The molecule has 2 unspecified atom stereocenters. The highest BCUT2D eigenvalue weighted by atomic mass is 32.2. The Labute approximate surface area is 201 Å². The Morgan fingerprint density at radius 3 is 2.47 bits per heavy atom. The van der Waals surface area contributed by atoms with Gasteiger partial charge in [0.25, 0.3) is 10.1 Å². The highest BCUT2D eigenvalue weighted by molar-refractivity contribution is 7.85. The van der Waals surface area contributed by atoms with E-state index in [1.54, 1.807) is 11.6 Å². The number of aliphatic hydroxyl groups is 2. The van der Waals surface area contributed by atoms with Crippen molar-refractivity contribution in [3.63, 3.8) is 0 Å². The number of likely N-dealkylation sites (N-methyl/N-ethyl adjacent to an activating group) is 1. The van der Waals surface area contributed by atoms with Crippen molar-refractivity contribution >= 4 is 21.4 Å². The zero-order chi connectivity index (χ0) is 25.1. The van der Waals surface area contributed by atoms with Crippen molar-refractivity contribution in [2.75, 3.05) is 44.4 Å². The molecule has 0 bridgehead atoms. The number of anilines is 1. The SMILES string of the molecule is CCN(CCn1cc(C[N+](C)(C)CCCS(=O)(=O)O)nn1)c1ccc(C2=C(O)C(C)C2O)cc1. The highest BCUT2D eigenvalue weighted by Gasteiger charge is 2.36. The lowest BCUT2D eigenvalue weighted by atomic mass is 9.78. The van der Waals surface area contributed by atoms with E-state index >= 15 is 0 Å². The molecule has 0 amide bonds. The number of hydrogen-bond donors (Lipinski definition) is 3. The fraction of sp³-hybridized carbons (Fsp3) is 0.565. The van der Waals surface area contributed by atoms with Crippen LogP contribution in [0.5, 0.6) is 0 Å². The Morgan fingerprint density at radius 2 is 1.88 bits per heavy atom. The first-order valence-electron chi connectivity index (χ1n) is 11.5. The molecule has 1 heterocycles. The van der Waals surface area contributed by atoms with E-state index in [0.29, 0.717) is 36.1 Å². The summed E-state index contributed by atoms with van der Waals surface area (Å²) in [5, 5.41) is 28.6. The summed E-state index contributed by atoms with van der Waals surface area (Å²) in [4.78, 5) is 2.22. The molecule has 10 nitrogen and oxygen atoms in total. The van der Waals surface area contributed by atoms with Crippen LogP contribution >= 0.6 is 0 Å². The molecule has 0 fully saturated rings. The van der Waals surface area contributed by atoms with Gasteiger partial charge in [0.05, 0.1) is 45.2 Å². The lowest BCUT2D eigenvalue weighted by Crippen LogP contribution is -2.40. The van der Waals surface area contributed by atoms with Crippen molar-refractivity contribution < 1.29 is 27.7 Å². The van der Waals surface area contributed by atoms with Crippen molar-refractivity contribution in [1.82, 2.24) is 15.0 Å². The Kier molecular flexibility index (Phi) is 8.02. The van der Waals surface area contributed by atoms with Crippen molar-refractivity contribution in [3.8, 4) is 0 Å². The largest absolute Gasteiger partial charge is 0.512 e. The second-order valence-corrected chi connectivity index (χ2v) is 11.2. The average molecular weight is 495 g/mol. The molecule has 188 valence electrons. The van der Waals surface area contributed by atoms with E-state index in [0.717, 1.165) is 30.0 Å². The van der Waals surface area contributed by atoms with Gasteiger partial charge in [0, 0.05) is 36.7 Å². The molecule has 0 saturated heterocycles. The first kappa shape index (κ1) is 26.1. The number of nitrogens with zero attached hydrogens (tertiary/aromatic N) is 5. The standard InChI is InChI=1S/C23H35N5O5S/c1-5-26(20-9-7-18(8-10-20)21-22(29)17(2)23(21)30)11-12-27-15-19(24-25-27)16-28(3,4)13-6-14-34(31,32)33/h7-10,15,17,22,29H,5-6,11-14,16H2,1-4H3,(H-,30,31,32,33)/p+1. The van der Waals surface area contributed by atoms with E-state index in [1.807, 2.05) is 44.6 Å². The van der Waals surface area contributed by atoms with Crippen LogP contribution in [0.4, 0.5) is 5.69 Å². The van der Waals surface area contributed by atoms with Crippen LogP contribution in [-0.2, 0) is 23.2 Å². The van der Waals surface area contributed by atoms with Gasteiger partial charge in [-0.1, -0.05) is 24.3 Å². The average Bonchev–Trinajstić information content (AvgIpc) is 3.20. The van der Waals surface area contributed by atoms with Crippen molar-refractivity contribution in [2.24, 2.45) is 5.92 Å². The molecule has 2 aromatic rings. The second-order valence-electron chi connectivity index (χ2n) is 9.59. The number of rotatable bonds is 12. The fourth-order valence-corrected chi connectivity index (χ4v) is 4.77. The maximum absolute atomic E-state index is 10.9. The smallest absolute Gasteiger partial charge is 0.265 e. The van der Waals surface area contributed by atoms with E-state index in [2.05, 4.69) is 22.1 Å². The summed E-state index contributed by atoms with van der Waals surface area (Å²) in [5.41, 5.74) is 3.31. The van der Waals surface area contributed by atoms with Gasteiger partial charge in [-0.3, -0.25) is 9.23 Å². The third-order valence-electron chi connectivity index (χ3n) is 6.34. The first-order valence-corrected chi connectivity index (χ1v) is 13.1. The Bertz CT molecular complexity index is 1110. The van der Waals surface area contributed by atoms with Gasteiger partial charge in [-0.15, -0.1) is 5.10 Å². The third-order valence-corrected chi connectivity index (χ3v) is 7.15. The van der Waals surface area contributed by atoms with E-state index in [4.69, 9.17) is 4.55 Å². The number of hydrogen-bond acceptors (Lipinski definition) is 7. The maximum atomic E-state index is 10.9. The first-order chi connectivity index (χ1) is 15.9. The van der Waals surface area contributed by atoms with Gasteiger partial charge in [-0.25, -0.2) is 0 Å². The minimum Gasteiger partial charge on any atom is -0.512 e. The summed E-state index contributed by atoms with van der Waals surface area (Å²) in [7, 11) is 0.0413. The van der Waals surface area contributed by atoms with Gasteiger partial charge < -0.3 is 19.6 Å². The Balaban J connectivity index is 1.55. The molecule has 2 atom stereocenters. The van der Waals surface area contributed by atoms with Crippen LogP contribution in [0.15, 0.2) is 36.2 Å². The van der Waals surface area contributed by atoms with Crippen LogP contribution in [-0.4, -0.2) is 88.2 Å². The predicted octanol–water partition coefficient (Wildman–Crippen LogP) is 1.94. The lowest BCUT2D eigenvalue weighted by Gasteiger charge is -2.33. The quantitative estimate of drug-likeness (QED) is 0.302. The molecular formula is C23H36N5O5S+. The molecular weight excluding hydrogens is 458 g/mol. The summed E-state index contributed by atoms with van der Waals surface area (Å²) in [6.45, 7) is 7.29. The van der Waals surface area contributed by atoms with E-state index in [9.17, 15) is 18.6 Å². The number of aromatic nitrogens is 3. The number of quaternary nitrogens is 1. The normalized spacial score (nSPS) is 18.8. The van der Waals surface area contributed by atoms with E-state index in [-0.39, 0.29) is 17.4 Å². The van der Waals surface area contributed by atoms with Crippen LogP contribution in [0.3, 0.4) is 0 Å². The molecule has 3 rings (SSSR count). The number of benzene rings is 1. The molecule has 0 aliphatic heterocycles. The summed E-state index contributed by atoms with van der Waals surface area (Å²) < 4.78 is 33.1. The molecule has 1 aliphatic rings. The molecule has 0 radical (unpaired) electrons. The monoisotopic (exact) mass is 494 g/mol. The predicted molar refractivity (Wildman–Crippen MR) is 131 cm³/mol. The Hall–Kier alpha value is -2.47.